The average molecular weight is 235 g/mol. The summed E-state index contributed by atoms with van der Waals surface area (Å²) >= 11 is 0. The smallest absolute Gasteiger partial charge is 0.0681 e. The van der Waals surface area contributed by atoms with Crippen molar-refractivity contribution in [2.45, 2.75) is 19.4 Å². The molecule has 1 fully saturated rings. The van der Waals surface area contributed by atoms with Crippen molar-refractivity contribution in [3.05, 3.63) is 29.8 Å². The highest BCUT2D eigenvalue weighted by Gasteiger charge is 2.18. The third-order valence-corrected chi connectivity index (χ3v) is 3.50. The van der Waals surface area contributed by atoms with Gasteiger partial charge in [-0.25, -0.2) is 0 Å². The highest BCUT2D eigenvalue weighted by molar-refractivity contribution is 5.47. The molecule has 17 heavy (non-hydrogen) atoms. The van der Waals surface area contributed by atoms with Gasteiger partial charge in [-0.2, -0.15) is 0 Å². The molecule has 1 N–H and O–H groups in total. The average Bonchev–Trinajstić information content (AvgIpc) is 2.40. The predicted octanol–water partition coefficient (Wildman–Crippen LogP) is 2.04. The van der Waals surface area contributed by atoms with Crippen LogP contribution in [-0.2, 0) is 11.3 Å². The van der Waals surface area contributed by atoms with E-state index in [0.29, 0.717) is 5.92 Å². The van der Waals surface area contributed by atoms with E-state index < -0.39 is 0 Å². The van der Waals surface area contributed by atoms with Gasteiger partial charge >= 0.3 is 0 Å². The lowest BCUT2D eigenvalue weighted by atomic mass is 9.97. The van der Waals surface area contributed by atoms with Crippen molar-refractivity contribution in [2.75, 3.05) is 31.7 Å². The van der Waals surface area contributed by atoms with Gasteiger partial charge in [0.15, 0.2) is 0 Å². The maximum absolute atomic E-state index is 9.01. The van der Waals surface area contributed by atoms with E-state index in [2.05, 4.69) is 17.0 Å². The van der Waals surface area contributed by atoms with Crippen LogP contribution >= 0.6 is 0 Å². The summed E-state index contributed by atoms with van der Waals surface area (Å²) in [6, 6.07) is 8.19. The molecular formula is C14H21NO2. The Hall–Kier alpha value is -1.06. The molecular weight excluding hydrogens is 214 g/mol. The topological polar surface area (TPSA) is 32.7 Å². The quantitative estimate of drug-likeness (QED) is 0.867. The Morgan fingerprint density at radius 3 is 2.41 bits per heavy atom. The molecule has 1 aliphatic rings. The van der Waals surface area contributed by atoms with Crippen LogP contribution in [0.15, 0.2) is 24.3 Å². The van der Waals surface area contributed by atoms with E-state index in [1.807, 2.05) is 12.1 Å². The zero-order valence-corrected chi connectivity index (χ0v) is 10.4. The molecule has 0 spiro atoms. The van der Waals surface area contributed by atoms with E-state index in [1.165, 1.54) is 18.5 Å². The number of rotatable bonds is 4. The fraction of sp³-hybridized carbons (Fsp3) is 0.571. The van der Waals surface area contributed by atoms with E-state index in [1.54, 1.807) is 7.11 Å². The van der Waals surface area contributed by atoms with E-state index in [0.717, 1.165) is 25.3 Å². The largest absolute Gasteiger partial charge is 0.392 e. The van der Waals surface area contributed by atoms with E-state index in [-0.39, 0.29) is 6.61 Å². The third-order valence-electron chi connectivity index (χ3n) is 3.50. The van der Waals surface area contributed by atoms with Crippen molar-refractivity contribution in [3.8, 4) is 0 Å². The predicted molar refractivity (Wildman–Crippen MR) is 69.2 cm³/mol. The maximum atomic E-state index is 9.01. The van der Waals surface area contributed by atoms with Gasteiger partial charge in [0, 0.05) is 32.5 Å². The van der Waals surface area contributed by atoms with Crippen molar-refractivity contribution >= 4 is 5.69 Å². The molecule has 1 aliphatic heterocycles. The van der Waals surface area contributed by atoms with Crippen LogP contribution < -0.4 is 4.90 Å². The van der Waals surface area contributed by atoms with Crippen molar-refractivity contribution in [1.29, 1.82) is 0 Å². The molecule has 3 heteroatoms. The number of hydrogen-bond acceptors (Lipinski definition) is 3. The summed E-state index contributed by atoms with van der Waals surface area (Å²) in [4.78, 5) is 2.41. The molecule has 1 aromatic rings. The summed E-state index contributed by atoms with van der Waals surface area (Å²) < 4.78 is 5.21. The van der Waals surface area contributed by atoms with Gasteiger partial charge in [-0.05, 0) is 36.5 Å². The van der Waals surface area contributed by atoms with Gasteiger partial charge in [0.25, 0.3) is 0 Å². The van der Waals surface area contributed by atoms with E-state index in [4.69, 9.17) is 9.84 Å². The molecule has 1 aromatic carbocycles. The first-order valence-corrected chi connectivity index (χ1v) is 6.27. The standard InChI is InChI=1S/C14H21NO2/c1-17-11-13-6-8-15(9-7-13)14-4-2-12(10-16)3-5-14/h2-5,13,16H,6-11H2,1H3. The number of hydrogen-bond donors (Lipinski definition) is 1. The normalized spacial score (nSPS) is 17.4. The molecule has 0 saturated carbocycles. The summed E-state index contributed by atoms with van der Waals surface area (Å²) in [5, 5.41) is 9.01. The molecule has 0 bridgehead atoms. The lowest BCUT2D eigenvalue weighted by Gasteiger charge is -2.33. The van der Waals surface area contributed by atoms with Crippen molar-refractivity contribution in [3.63, 3.8) is 0 Å². The number of aliphatic hydroxyl groups is 1. The van der Waals surface area contributed by atoms with Gasteiger partial charge in [-0.1, -0.05) is 12.1 Å². The minimum absolute atomic E-state index is 0.121. The Balaban J connectivity index is 1.91. The summed E-state index contributed by atoms with van der Waals surface area (Å²) in [5.41, 5.74) is 2.24. The Morgan fingerprint density at radius 1 is 1.24 bits per heavy atom. The molecule has 1 saturated heterocycles. The molecule has 0 amide bonds. The summed E-state index contributed by atoms with van der Waals surface area (Å²) in [7, 11) is 1.78. The highest BCUT2D eigenvalue weighted by atomic mass is 16.5. The number of nitrogens with zero attached hydrogens (tertiary/aromatic N) is 1. The second kappa shape index (κ2) is 6.03. The Morgan fingerprint density at radius 2 is 1.88 bits per heavy atom. The fourth-order valence-electron chi connectivity index (χ4n) is 2.41. The second-order valence-corrected chi connectivity index (χ2v) is 4.71. The lowest BCUT2D eigenvalue weighted by molar-refractivity contribution is 0.139. The third kappa shape index (κ3) is 3.20. The Kier molecular flexibility index (Phi) is 4.40. The van der Waals surface area contributed by atoms with Crippen LogP contribution in [0.1, 0.15) is 18.4 Å². The highest BCUT2D eigenvalue weighted by Crippen LogP contribution is 2.23. The lowest BCUT2D eigenvalue weighted by Crippen LogP contribution is -2.34. The number of anilines is 1. The van der Waals surface area contributed by atoms with Crippen LogP contribution in [0.5, 0.6) is 0 Å². The van der Waals surface area contributed by atoms with Crippen LogP contribution in [0.3, 0.4) is 0 Å². The molecule has 0 atom stereocenters. The molecule has 0 radical (unpaired) electrons. The minimum Gasteiger partial charge on any atom is -0.392 e. The molecule has 0 unspecified atom stereocenters. The molecule has 0 aromatic heterocycles. The Labute approximate surface area is 103 Å². The van der Waals surface area contributed by atoms with Crippen molar-refractivity contribution in [2.24, 2.45) is 5.92 Å². The van der Waals surface area contributed by atoms with Crippen LogP contribution in [-0.4, -0.2) is 31.9 Å². The second-order valence-electron chi connectivity index (χ2n) is 4.71. The summed E-state index contributed by atoms with van der Waals surface area (Å²) in [6.45, 7) is 3.21. The molecule has 0 aliphatic carbocycles. The summed E-state index contributed by atoms with van der Waals surface area (Å²) in [6.07, 6.45) is 2.41. The minimum atomic E-state index is 0.121. The van der Waals surface area contributed by atoms with Gasteiger partial charge in [0.2, 0.25) is 0 Å². The first-order chi connectivity index (χ1) is 8.33. The first-order valence-electron chi connectivity index (χ1n) is 6.27. The molecule has 2 rings (SSSR count). The monoisotopic (exact) mass is 235 g/mol. The number of benzene rings is 1. The zero-order valence-electron chi connectivity index (χ0n) is 10.4. The van der Waals surface area contributed by atoms with Gasteiger partial charge in [-0.15, -0.1) is 0 Å². The number of methoxy groups -OCH3 is 1. The van der Waals surface area contributed by atoms with Crippen molar-refractivity contribution < 1.29 is 9.84 Å². The van der Waals surface area contributed by atoms with Crippen LogP contribution in [0.4, 0.5) is 5.69 Å². The van der Waals surface area contributed by atoms with Gasteiger partial charge in [0.1, 0.15) is 0 Å². The van der Waals surface area contributed by atoms with Gasteiger partial charge in [-0.3, -0.25) is 0 Å². The zero-order chi connectivity index (χ0) is 12.1. The van der Waals surface area contributed by atoms with Crippen molar-refractivity contribution in [1.82, 2.24) is 0 Å². The van der Waals surface area contributed by atoms with E-state index >= 15 is 0 Å². The molecule has 3 nitrogen and oxygen atoms in total. The van der Waals surface area contributed by atoms with Crippen LogP contribution in [0.2, 0.25) is 0 Å². The SMILES string of the molecule is COCC1CCN(c2ccc(CO)cc2)CC1. The van der Waals surface area contributed by atoms with E-state index in [9.17, 15) is 0 Å². The van der Waals surface area contributed by atoms with Crippen LogP contribution in [0, 0.1) is 5.92 Å². The maximum Gasteiger partial charge on any atom is 0.0681 e. The fourth-order valence-corrected chi connectivity index (χ4v) is 2.41. The summed E-state index contributed by atoms with van der Waals surface area (Å²) in [5.74, 6) is 0.716. The number of aliphatic hydroxyl groups excluding tert-OH is 1. The van der Waals surface area contributed by atoms with Gasteiger partial charge in [0.05, 0.1) is 6.61 Å². The number of piperidine rings is 1. The first kappa shape index (κ1) is 12.4. The molecule has 94 valence electrons. The Bertz CT molecular complexity index is 329. The number of ether oxygens (including phenoxy) is 1. The van der Waals surface area contributed by atoms with Gasteiger partial charge < -0.3 is 14.7 Å². The molecule has 1 heterocycles. The van der Waals surface area contributed by atoms with Crippen LogP contribution in [0.25, 0.3) is 0 Å².